The quantitative estimate of drug-likeness (QED) is 0.346. The molecule has 2 rings (SSSR count). The molecule has 0 aliphatic rings. The second-order valence-corrected chi connectivity index (χ2v) is 3.39. The topological polar surface area (TPSA) is 99.7 Å². The van der Waals surface area contributed by atoms with Gasteiger partial charge in [0.1, 0.15) is 11.1 Å². The van der Waals surface area contributed by atoms with Gasteiger partial charge in [-0.15, -0.1) is 0 Å². The molecule has 18 heavy (non-hydrogen) atoms. The van der Waals surface area contributed by atoms with Crippen molar-refractivity contribution in [1.29, 1.82) is 0 Å². The third-order valence-electron chi connectivity index (χ3n) is 2.36. The van der Waals surface area contributed by atoms with Crippen LogP contribution in [0, 0.1) is 10.1 Å². The summed E-state index contributed by atoms with van der Waals surface area (Å²) in [5, 5.41) is 10.9. The molecular formula is C11H7NO6. The Morgan fingerprint density at radius 2 is 2.17 bits per heavy atom. The first-order chi connectivity index (χ1) is 8.54. The van der Waals surface area contributed by atoms with E-state index >= 15 is 0 Å². The number of ether oxygens (including phenoxy) is 1. The lowest BCUT2D eigenvalue weighted by atomic mass is 10.1. The summed E-state index contributed by atoms with van der Waals surface area (Å²) in [6, 6.07) is 5.15. The number of nitrogens with zero attached hydrogens (tertiary/aromatic N) is 1. The molecule has 7 heteroatoms. The Kier molecular flexibility index (Phi) is 2.80. The van der Waals surface area contributed by atoms with E-state index in [0.29, 0.717) is 0 Å². The van der Waals surface area contributed by atoms with Gasteiger partial charge in [-0.3, -0.25) is 10.1 Å². The molecule has 92 valence electrons. The molecule has 1 aromatic carbocycles. The van der Waals surface area contributed by atoms with Gasteiger partial charge in [-0.05, 0) is 12.1 Å². The maximum Gasteiger partial charge on any atom is 0.351 e. The lowest BCUT2D eigenvalue weighted by Crippen LogP contribution is -2.15. The second-order valence-electron chi connectivity index (χ2n) is 3.39. The molecule has 0 amide bonds. The molecule has 0 saturated carbocycles. The normalized spacial score (nSPS) is 10.3. The lowest BCUT2D eigenvalue weighted by Gasteiger charge is -2.01. The number of carbonyl (C=O) groups excluding carboxylic acids is 1. The second kappa shape index (κ2) is 4.28. The van der Waals surface area contributed by atoms with Crippen LogP contribution in [0.15, 0.2) is 33.5 Å². The third kappa shape index (κ3) is 1.81. The number of nitro groups is 1. The van der Waals surface area contributed by atoms with Gasteiger partial charge in [-0.25, -0.2) is 9.59 Å². The molecule has 0 unspecified atom stereocenters. The molecule has 0 saturated heterocycles. The molecule has 0 bridgehead atoms. The summed E-state index contributed by atoms with van der Waals surface area (Å²) in [7, 11) is 1.10. The predicted molar refractivity (Wildman–Crippen MR) is 60.5 cm³/mol. The van der Waals surface area contributed by atoms with E-state index in [1.165, 1.54) is 18.2 Å². The van der Waals surface area contributed by atoms with Crippen molar-refractivity contribution in [3.63, 3.8) is 0 Å². The van der Waals surface area contributed by atoms with Gasteiger partial charge >= 0.3 is 11.6 Å². The van der Waals surface area contributed by atoms with Crippen molar-refractivity contribution in [1.82, 2.24) is 0 Å². The monoisotopic (exact) mass is 249 g/mol. The van der Waals surface area contributed by atoms with Crippen LogP contribution in [0.1, 0.15) is 10.4 Å². The SMILES string of the molecule is COC(=O)c1cc2c([N+](=O)[O-])cccc2oc1=O. The fourth-order valence-electron chi connectivity index (χ4n) is 1.54. The van der Waals surface area contributed by atoms with Gasteiger partial charge in [-0.1, -0.05) is 6.07 Å². The van der Waals surface area contributed by atoms with Gasteiger partial charge in [0.05, 0.1) is 17.4 Å². The summed E-state index contributed by atoms with van der Waals surface area (Å²) < 4.78 is 9.24. The molecule has 0 N–H and O–H groups in total. The summed E-state index contributed by atoms with van der Waals surface area (Å²) in [6.45, 7) is 0. The Morgan fingerprint density at radius 1 is 1.44 bits per heavy atom. The summed E-state index contributed by atoms with van der Waals surface area (Å²) in [6.07, 6.45) is 0. The average Bonchev–Trinajstić information content (AvgIpc) is 2.36. The Hall–Kier alpha value is -2.70. The summed E-state index contributed by atoms with van der Waals surface area (Å²) in [5.41, 5.74) is -1.47. The summed E-state index contributed by atoms with van der Waals surface area (Å²) in [4.78, 5) is 33.0. The largest absolute Gasteiger partial charge is 0.465 e. The van der Waals surface area contributed by atoms with E-state index in [1.54, 1.807) is 0 Å². The van der Waals surface area contributed by atoms with Crippen LogP contribution in [0.2, 0.25) is 0 Å². The van der Waals surface area contributed by atoms with E-state index in [0.717, 1.165) is 13.2 Å². The number of nitro benzene ring substituents is 1. The minimum Gasteiger partial charge on any atom is -0.465 e. The van der Waals surface area contributed by atoms with Gasteiger partial charge in [0.2, 0.25) is 0 Å². The van der Waals surface area contributed by atoms with Crippen molar-refractivity contribution >= 4 is 22.6 Å². The smallest absolute Gasteiger partial charge is 0.351 e. The average molecular weight is 249 g/mol. The van der Waals surface area contributed by atoms with Gasteiger partial charge < -0.3 is 9.15 Å². The summed E-state index contributed by atoms with van der Waals surface area (Å²) in [5.74, 6) is -0.899. The highest BCUT2D eigenvalue weighted by molar-refractivity contribution is 5.95. The number of benzene rings is 1. The zero-order chi connectivity index (χ0) is 13.3. The number of hydrogen-bond acceptors (Lipinski definition) is 6. The molecule has 1 heterocycles. The van der Waals surface area contributed by atoms with E-state index in [4.69, 9.17) is 4.42 Å². The Balaban J connectivity index is 2.83. The highest BCUT2D eigenvalue weighted by Gasteiger charge is 2.19. The minimum absolute atomic E-state index is 0.0434. The zero-order valence-corrected chi connectivity index (χ0v) is 9.21. The molecule has 0 radical (unpaired) electrons. The minimum atomic E-state index is -0.899. The van der Waals surface area contributed by atoms with Crippen LogP contribution in [-0.2, 0) is 4.74 Å². The maximum absolute atomic E-state index is 11.5. The van der Waals surface area contributed by atoms with Crippen molar-refractivity contribution in [2.45, 2.75) is 0 Å². The van der Waals surface area contributed by atoms with E-state index in [2.05, 4.69) is 4.74 Å². The van der Waals surface area contributed by atoms with Crippen molar-refractivity contribution in [3.05, 3.63) is 50.4 Å². The fraction of sp³-hybridized carbons (Fsp3) is 0.0909. The van der Waals surface area contributed by atoms with Gasteiger partial charge in [0.25, 0.3) is 5.69 Å². The molecule has 1 aromatic heterocycles. The number of carbonyl (C=O) groups is 1. The Labute approximate surface area is 99.7 Å². The van der Waals surface area contributed by atoms with E-state index in [-0.39, 0.29) is 22.2 Å². The molecule has 0 spiro atoms. The van der Waals surface area contributed by atoms with Crippen molar-refractivity contribution in [3.8, 4) is 0 Å². The van der Waals surface area contributed by atoms with Gasteiger partial charge in [-0.2, -0.15) is 0 Å². The molecule has 0 fully saturated rings. The van der Waals surface area contributed by atoms with Gasteiger partial charge in [0.15, 0.2) is 0 Å². The highest BCUT2D eigenvalue weighted by atomic mass is 16.6. The maximum atomic E-state index is 11.5. The zero-order valence-electron chi connectivity index (χ0n) is 9.21. The highest BCUT2D eigenvalue weighted by Crippen LogP contribution is 2.24. The van der Waals surface area contributed by atoms with Crippen molar-refractivity contribution in [2.24, 2.45) is 0 Å². The third-order valence-corrected chi connectivity index (χ3v) is 2.36. The number of fused-ring (bicyclic) bond motifs is 1. The lowest BCUT2D eigenvalue weighted by molar-refractivity contribution is -0.383. The molecule has 2 aromatic rings. The number of esters is 1. The first-order valence-corrected chi connectivity index (χ1v) is 4.84. The van der Waals surface area contributed by atoms with Crippen LogP contribution >= 0.6 is 0 Å². The van der Waals surface area contributed by atoms with E-state index in [1.807, 2.05) is 0 Å². The molecule has 0 aliphatic heterocycles. The number of non-ortho nitro benzene ring substituents is 1. The van der Waals surface area contributed by atoms with Crippen LogP contribution in [-0.4, -0.2) is 18.0 Å². The predicted octanol–water partition coefficient (Wildman–Crippen LogP) is 1.49. The van der Waals surface area contributed by atoms with Crippen LogP contribution in [0.25, 0.3) is 11.0 Å². The number of methoxy groups -OCH3 is 1. The number of hydrogen-bond donors (Lipinski definition) is 0. The van der Waals surface area contributed by atoms with Crippen molar-refractivity contribution in [2.75, 3.05) is 7.11 Å². The van der Waals surface area contributed by atoms with Crippen LogP contribution in [0.5, 0.6) is 0 Å². The molecular weight excluding hydrogens is 242 g/mol. The fourth-order valence-corrected chi connectivity index (χ4v) is 1.54. The molecule has 7 nitrogen and oxygen atoms in total. The van der Waals surface area contributed by atoms with E-state index in [9.17, 15) is 19.7 Å². The van der Waals surface area contributed by atoms with Crippen molar-refractivity contribution < 1.29 is 18.9 Å². The summed E-state index contributed by atoms with van der Waals surface area (Å²) >= 11 is 0. The molecule has 0 atom stereocenters. The van der Waals surface area contributed by atoms with Crippen LogP contribution < -0.4 is 5.63 Å². The van der Waals surface area contributed by atoms with E-state index < -0.39 is 16.5 Å². The first kappa shape index (κ1) is 11.8. The molecule has 0 aliphatic carbocycles. The number of rotatable bonds is 2. The van der Waals surface area contributed by atoms with Crippen LogP contribution in [0.3, 0.4) is 0 Å². The first-order valence-electron chi connectivity index (χ1n) is 4.84. The Bertz CT molecular complexity index is 702. The Morgan fingerprint density at radius 3 is 2.78 bits per heavy atom. The standard InChI is InChI=1S/C11H7NO6/c1-17-10(13)7-5-6-8(12(15)16)3-2-4-9(6)18-11(7)14/h2-5H,1H3. The van der Waals surface area contributed by atoms with Gasteiger partial charge in [0, 0.05) is 6.07 Å². The van der Waals surface area contributed by atoms with Crippen LogP contribution in [0.4, 0.5) is 5.69 Å².